The first-order chi connectivity index (χ1) is 8.82. The third-order valence-corrected chi connectivity index (χ3v) is 3.88. The van der Waals surface area contributed by atoms with Gasteiger partial charge in [0.05, 0.1) is 29.7 Å². The van der Waals surface area contributed by atoms with Crippen molar-refractivity contribution in [3.05, 3.63) is 28.7 Å². The fourth-order valence-electron chi connectivity index (χ4n) is 1.64. The van der Waals surface area contributed by atoms with Gasteiger partial charge in [-0.2, -0.15) is 0 Å². The molecule has 104 valence electrons. The van der Waals surface area contributed by atoms with Crippen molar-refractivity contribution in [3.8, 4) is 0 Å². The van der Waals surface area contributed by atoms with Crippen molar-refractivity contribution in [1.29, 1.82) is 0 Å². The highest BCUT2D eigenvalue weighted by atomic mass is 35.7. The van der Waals surface area contributed by atoms with Crippen LogP contribution in [0.25, 0.3) is 11.1 Å². The molecule has 2 aromatic rings. The lowest BCUT2D eigenvalue weighted by molar-refractivity contribution is 0.0804. The minimum Gasteiger partial charge on any atom is -0.408 e. The summed E-state index contributed by atoms with van der Waals surface area (Å²) in [6.45, 7) is -0.664. The van der Waals surface area contributed by atoms with Crippen molar-refractivity contribution in [3.63, 3.8) is 0 Å². The predicted octanol–water partition coefficient (Wildman–Crippen LogP) is -0.125. The number of aliphatic hydroxyl groups excluding tert-OH is 2. The molecule has 0 aliphatic heterocycles. The van der Waals surface area contributed by atoms with Gasteiger partial charge in [0, 0.05) is 16.7 Å². The highest BCUT2D eigenvalue weighted by Gasteiger charge is 2.16. The van der Waals surface area contributed by atoms with Crippen molar-refractivity contribution in [2.45, 2.75) is 17.5 Å². The smallest absolute Gasteiger partial charge is 0.408 e. The number of oxazole rings is 1. The lowest BCUT2D eigenvalue weighted by atomic mass is 10.3. The van der Waals surface area contributed by atoms with E-state index in [9.17, 15) is 18.3 Å². The van der Waals surface area contributed by atoms with E-state index in [1.54, 1.807) is 0 Å². The molecule has 0 bridgehead atoms. The van der Waals surface area contributed by atoms with Crippen LogP contribution in [-0.2, 0) is 15.6 Å². The van der Waals surface area contributed by atoms with Gasteiger partial charge in [0.1, 0.15) is 0 Å². The van der Waals surface area contributed by atoms with Gasteiger partial charge >= 0.3 is 5.76 Å². The monoisotopic (exact) mass is 307 g/mol. The number of benzene rings is 1. The minimum atomic E-state index is -3.91. The van der Waals surface area contributed by atoms with Crippen LogP contribution in [0, 0.1) is 0 Å². The van der Waals surface area contributed by atoms with Crippen LogP contribution in [0.1, 0.15) is 0 Å². The Hall–Kier alpha value is -1.35. The summed E-state index contributed by atoms with van der Waals surface area (Å²) in [4.78, 5) is 11.4. The average molecular weight is 308 g/mol. The number of hydrogen-bond donors (Lipinski definition) is 2. The van der Waals surface area contributed by atoms with Crippen LogP contribution in [0.15, 0.2) is 32.3 Å². The summed E-state index contributed by atoms with van der Waals surface area (Å²) in [5.74, 6) is -0.758. The maximum absolute atomic E-state index is 11.6. The molecule has 0 radical (unpaired) electrons. The second kappa shape index (κ2) is 4.97. The van der Waals surface area contributed by atoms with E-state index in [2.05, 4.69) is 0 Å². The Morgan fingerprint density at radius 1 is 1.42 bits per heavy atom. The van der Waals surface area contributed by atoms with Gasteiger partial charge in [-0.1, -0.05) is 0 Å². The van der Waals surface area contributed by atoms with Crippen LogP contribution in [0.4, 0.5) is 0 Å². The van der Waals surface area contributed by atoms with Gasteiger partial charge < -0.3 is 14.6 Å². The molecule has 0 aliphatic carbocycles. The average Bonchev–Trinajstić information content (AvgIpc) is 2.64. The molecular formula is C10H10ClNO6S. The fourth-order valence-corrected chi connectivity index (χ4v) is 2.41. The van der Waals surface area contributed by atoms with Crippen LogP contribution in [0.5, 0.6) is 0 Å². The summed E-state index contributed by atoms with van der Waals surface area (Å²) in [6.07, 6.45) is -1.12. The first-order valence-corrected chi connectivity index (χ1v) is 7.51. The molecule has 7 nitrogen and oxygen atoms in total. The van der Waals surface area contributed by atoms with Crippen LogP contribution < -0.4 is 5.76 Å². The standard InChI is InChI=1S/C10H10ClNO6S/c11-19(16,17)7-1-2-8-9(3-7)18-10(15)12(8)4-6(14)5-13/h1-3,6,13-14H,4-5H2. The minimum absolute atomic E-state index is 0.0388. The van der Waals surface area contributed by atoms with Gasteiger partial charge in [0.15, 0.2) is 5.58 Å². The third kappa shape index (κ3) is 2.81. The first kappa shape index (κ1) is 14.1. The van der Waals surface area contributed by atoms with Crippen molar-refractivity contribution in [1.82, 2.24) is 4.57 Å². The Balaban J connectivity index is 2.57. The summed E-state index contributed by atoms with van der Waals surface area (Å²) in [7, 11) is 1.27. The Bertz CT molecular complexity index is 762. The first-order valence-electron chi connectivity index (χ1n) is 5.20. The van der Waals surface area contributed by atoms with Gasteiger partial charge in [0.25, 0.3) is 9.05 Å². The molecule has 0 saturated carbocycles. The Kier molecular flexibility index (Phi) is 3.68. The number of aliphatic hydroxyl groups is 2. The molecule has 1 aromatic heterocycles. The molecule has 1 heterocycles. The van der Waals surface area contributed by atoms with E-state index < -0.39 is 27.5 Å². The Morgan fingerprint density at radius 3 is 2.68 bits per heavy atom. The highest BCUT2D eigenvalue weighted by molar-refractivity contribution is 8.13. The topological polar surface area (TPSA) is 110 Å². The molecule has 19 heavy (non-hydrogen) atoms. The second-order valence-corrected chi connectivity index (χ2v) is 6.45. The maximum Gasteiger partial charge on any atom is 0.420 e. The number of fused-ring (bicyclic) bond motifs is 1. The lowest BCUT2D eigenvalue weighted by Crippen LogP contribution is -2.25. The highest BCUT2D eigenvalue weighted by Crippen LogP contribution is 2.21. The molecule has 0 saturated heterocycles. The van der Waals surface area contributed by atoms with Gasteiger partial charge in [-0.25, -0.2) is 13.2 Å². The summed E-state index contributed by atoms with van der Waals surface area (Å²) in [5, 5.41) is 18.1. The zero-order valence-electron chi connectivity index (χ0n) is 9.48. The quantitative estimate of drug-likeness (QED) is 0.762. The molecule has 0 amide bonds. The van der Waals surface area contributed by atoms with E-state index in [1.807, 2.05) is 0 Å². The molecule has 1 unspecified atom stereocenters. The summed E-state index contributed by atoms with van der Waals surface area (Å²) in [6, 6.07) is 3.70. The van der Waals surface area contributed by atoms with Crippen molar-refractivity contribution in [2.75, 3.05) is 6.61 Å². The van der Waals surface area contributed by atoms with E-state index >= 15 is 0 Å². The molecule has 2 N–H and O–H groups in total. The summed E-state index contributed by atoms with van der Waals surface area (Å²) >= 11 is 0. The lowest BCUT2D eigenvalue weighted by Gasteiger charge is -2.07. The number of aromatic nitrogens is 1. The van der Waals surface area contributed by atoms with Crippen molar-refractivity contribution < 1.29 is 23.0 Å². The molecule has 1 aromatic carbocycles. The summed E-state index contributed by atoms with van der Waals surface area (Å²) < 4.78 is 28.3. The van der Waals surface area contributed by atoms with E-state index in [-0.39, 0.29) is 17.0 Å². The van der Waals surface area contributed by atoms with Crippen molar-refractivity contribution in [2.24, 2.45) is 0 Å². The molecule has 2 rings (SSSR count). The third-order valence-electron chi connectivity index (χ3n) is 2.53. The van der Waals surface area contributed by atoms with Gasteiger partial charge in [-0.05, 0) is 12.1 Å². The number of rotatable bonds is 4. The Morgan fingerprint density at radius 2 is 2.11 bits per heavy atom. The molecule has 9 heteroatoms. The second-order valence-electron chi connectivity index (χ2n) is 3.88. The van der Waals surface area contributed by atoms with Gasteiger partial charge in [0.2, 0.25) is 0 Å². The van der Waals surface area contributed by atoms with Gasteiger partial charge in [-0.3, -0.25) is 4.57 Å². The maximum atomic E-state index is 11.6. The Labute approximate surface area is 112 Å². The van der Waals surface area contributed by atoms with E-state index in [4.69, 9.17) is 20.2 Å². The summed E-state index contributed by atoms with van der Waals surface area (Å²) in [5.41, 5.74) is 0.346. The molecule has 0 aliphatic rings. The van der Waals surface area contributed by atoms with Crippen LogP contribution in [-0.4, -0.2) is 35.9 Å². The van der Waals surface area contributed by atoms with Crippen LogP contribution in [0.2, 0.25) is 0 Å². The predicted molar refractivity (Wildman–Crippen MR) is 66.6 cm³/mol. The molecule has 1 atom stereocenters. The van der Waals surface area contributed by atoms with E-state index in [0.29, 0.717) is 5.52 Å². The van der Waals surface area contributed by atoms with Gasteiger partial charge in [-0.15, -0.1) is 0 Å². The molecule has 0 fully saturated rings. The van der Waals surface area contributed by atoms with Crippen LogP contribution in [0.3, 0.4) is 0 Å². The number of halogens is 1. The molecular weight excluding hydrogens is 298 g/mol. The molecule has 0 spiro atoms. The van der Waals surface area contributed by atoms with E-state index in [0.717, 1.165) is 10.6 Å². The number of hydrogen-bond acceptors (Lipinski definition) is 6. The zero-order chi connectivity index (χ0) is 14.2. The largest absolute Gasteiger partial charge is 0.420 e. The van der Waals surface area contributed by atoms with Crippen LogP contribution >= 0.6 is 10.7 Å². The number of nitrogens with zero attached hydrogens (tertiary/aromatic N) is 1. The normalized spacial score (nSPS) is 13.8. The van der Waals surface area contributed by atoms with Crippen molar-refractivity contribution >= 4 is 30.8 Å². The zero-order valence-corrected chi connectivity index (χ0v) is 11.1. The van der Waals surface area contributed by atoms with E-state index in [1.165, 1.54) is 12.1 Å². The SMILES string of the molecule is O=c1oc2cc(S(=O)(=O)Cl)ccc2n1CC(O)CO. The fraction of sp³-hybridized carbons (Fsp3) is 0.300.